The molecule has 100 valence electrons. The summed E-state index contributed by atoms with van der Waals surface area (Å²) in [5, 5.41) is 7.06. The molecule has 0 aromatic heterocycles. The van der Waals surface area contributed by atoms with E-state index in [0.29, 0.717) is 0 Å². The first-order valence-electron chi connectivity index (χ1n) is 7.16. The Hall–Kier alpha value is -0.160. The minimum Gasteiger partial charge on any atom is -0.379 e. The minimum atomic E-state index is 0.854. The third-order valence-electron chi connectivity index (χ3n) is 3.76. The van der Waals surface area contributed by atoms with Gasteiger partial charge in [-0.15, -0.1) is 0 Å². The number of ether oxygens (including phenoxy) is 1. The maximum Gasteiger partial charge on any atom is 0.0594 e. The summed E-state index contributed by atoms with van der Waals surface area (Å²) in [6, 6.07) is 0. The number of morpholine rings is 1. The Bertz CT molecular complexity index is 169. The smallest absolute Gasteiger partial charge is 0.0594 e. The average Bonchev–Trinajstić information content (AvgIpc) is 2.41. The van der Waals surface area contributed by atoms with E-state index in [2.05, 4.69) is 15.5 Å². The number of nitrogens with one attached hydrogen (secondary N) is 2. The minimum absolute atomic E-state index is 0.854. The fourth-order valence-electron chi connectivity index (χ4n) is 2.66. The summed E-state index contributed by atoms with van der Waals surface area (Å²) in [4.78, 5) is 2.51. The number of piperidine rings is 1. The zero-order valence-electron chi connectivity index (χ0n) is 10.9. The van der Waals surface area contributed by atoms with Gasteiger partial charge in [0.05, 0.1) is 13.2 Å². The molecule has 2 N–H and O–H groups in total. The highest BCUT2D eigenvalue weighted by Gasteiger charge is 2.12. The summed E-state index contributed by atoms with van der Waals surface area (Å²) >= 11 is 0. The van der Waals surface area contributed by atoms with Gasteiger partial charge >= 0.3 is 0 Å². The maximum atomic E-state index is 5.34. The lowest BCUT2D eigenvalue weighted by atomic mass is 10.00. The third-order valence-corrected chi connectivity index (χ3v) is 3.76. The van der Waals surface area contributed by atoms with Crippen molar-refractivity contribution >= 4 is 0 Å². The molecule has 2 heterocycles. The molecule has 2 saturated heterocycles. The van der Waals surface area contributed by atoms with E-state index in [1.165, 1.54) is 45.4 Å². The second kappa shape index (κ2) is 8.03. The summed E-state index contributed by atoms with van der Waals surface area (Å²) in [7, 11) is 0. The van der Waals surface area contributed by atoms with Crippen molar-refractivity contribution in [3.8, 4) is 0 Å². The molecule has 2 aliphatic rings. The molecular weight excluding hydrogens is 214 g/mol. The van der Waals surface area contributed by atoms with Crippen LogP contribution in [0.25, 0.3) is 0 Å². The Balaban J connectivity index is 1.42. The topological polar surface area (TPSA) is 36.5 Å². The molecule has 0 aliphatic carbocycles. The first-order valence-corrected chi connectivity index (χ1v) is 7.16. The number of rotatable bonds is 6. The van der Waals surface area contributed by atoms with Crippen molar-refractivity contribution < 1.29 is 4.74 Å². The third kappa shape index (κ3) is 5.34. The molecule has 0 aromatic rings. The van der Waals surface area contributed by atoms with Crippen LogP contribution in [-0.2, 0) is 4.74 Å². The predicted octanol–water partition coefficient (Wildman–Crippen LogP) is 0.298. The van der Waals surface area contributed by atoms with Crippen LogP contribution >= 0.6 is 0 Å². The Morgan fingerprint density at radius 2 is 2.18 bits per heavy atom. The SMILES string of the molecule is C1CNCC(CNCCCN2CCOCC2)C1. The molecule has 0 radical (unpaired) electrons. The standard InChI is InChI=1S/C13H27N3O/c1-3-13(11-14-4-1)12-15-5-2-6-16-7-9-17-10-8-16/h13-15H,1-12H2. The van der Waals surface area contributed by atoms with Crippen LogP contribution in [0.5, 0.6) is 0 Å². The number of nitrogens with zero attached hydrogens (tertiary/aromatic N) is 1. The van der Waals surface area contributed by atoms with Gasteiger partial charge in [0, 0.05) is 13.1 Å². The zero-order valence-corrected chi connectivity index (χ0v) is 10.9. The lowest BCUT2D eigenvalue weighted by molar-refractivity contribution is 0.0374. The summed E-state index contributed by atoms with van der Waals surface area (Å²) < 4.78 is 5.34. The Morgan fingerprint density at radius 1 is 1.29 bits per heavy atom. The molecular formula is C13H27N3O. The molecule has 4 heteroatoms. The van der Waals surface area contributed by atoms with Gasteiger partial charge in [-0.3, -0.25) is 4.90 Å². The zero-order chi connectivity index (χ0) is 11.8. The lowest BCUT2D eigenvalue weighted by Crippen LogP contribution is -2.39. The van der Waals surface area contributed by atoms with Crippen molar-refractivity contribution in [3.63, 3.8) is 0 Å². The van der Waals surface area contributed by atoms with Gasteiger partial charge in [0.2, 0.25) is 0 Å². The van der Waals surface area contributed by atoms with Gasteiger partial charge in [-0.2, -0.15) is 0 Å². The van der Waals surface area contributed by atoms with Crippen LogP contribution in [0.4, 0.5) is 0 Å². The highest BCUT2D eigenvalue weighted by atomic mass is 16.5. The molecule has 4 nitrogen and oxygen atoms in total. The normalized spacial score (nSPS) is 27.2. The maximum absolute atomic E-state index is 5.34. The van der Waals surface area contributed by atoms with Gasteiger partial charge < -0.3 is 15.4 Å². The van der Waals surface area contributed by atoms with Crippen LogP contribution in [-0.4, -0.2) is 63.9 Å². The summed E-state index contributed by atoms with van der Waals surface area (Å²) in [5.41, 5.74) is 0. The molecule has 1 atom stereocenters. The lowest BCUT2D eigenvalue weighted by Gasteiger charge is -2.27. The summed E-state index contributed by atoms with van der Waals surface area (Å²) in [6.45, 7) is 10.1. The largest absolute Gasteiger partial charge is 0.379 e. The van der Waals surface area contributed by atoms with E-state index in [1.807, 2.05) is 0 Å². The summed E-state index contributed by atoms with van der Waals surface area (Å²) in [6.07, 6.45) is 4.00. The van der Waals surface area contributed by atoms with Crippen molar-refractivity contribution in [3.05, 3.63) is 0 Å². The number of hydrogen-bond acceptors (Lipinski definition) is 4. The van der Waals surface area contributed by atoms with Gasteiger partial charge in [-0.1, -0.05) is 0 Å². The first kappa shape index (κ1) is 13.3. The Kier molecular flexibility index (Phi) is 6.27. The average molecular weight is 241 g/mol. The Morgan fingerprint density at radius 3 is 2.94 bits per heavy atom. The van der Waals surface area contributed by atoms with Crippen LogP contribution < -0.4 is 10.6 Å². The molecule has 0 saturated carbocycles. The quantitative estimate of drug-likeness (QED) is 0.656. The van der Waals surface area contributed by atoms with Crippen molar-refractivity contribution in [1.82, 2.24) is 15.5 Å². The van der Waals surface area contributed by atoms with Crippen LogP contribution in [0.2, 0.25) is 0 Å². The van der Waals surface area contributed by atoms with E-state index in [0.717, 1.165) is 38.8 Å². The molecule has 0 bridgehead atoms. The van der Waals surface area contributed by atoms with Crippen molar-refractivity contribution in [1.29, 1.82) is 0 Å². The van der Waals surface area contributed by atoms with Crippen LogP contribution in [0.3, 0.4) is 0 Å². The van der Waals surface area contributed by atoms with Gasteiger partial charge in [0.1, 0.15) is 0 Å². The fourth-order valence-corrected chi connectivity index (χ4v) is 2.66. The first-order chi connectivity index (χ1) is 8.45. The van der Waals surface area contributed by atoms with Gasteiger partial charge in [0.25, 0.3) is 0 Å². The second-order valence-corrected chi connectivity index (χ2v) is 5.22. The van der Waals surface area contributed by atoms with Crippen molar-refractivity contribution in [2.45, 2.75) is 19.3 Å². The molecule has 2 fully saturated rings. The van der Waals surface area contributed by atoms with E-state index in [-0.39, 0.29) is 0 Å². The fraction of sp³-hybridized carbons (Fsp3) is 1.00. The van der Waals surface area contributed by atoms with Gasteiger partial charge in [-0.25, -0.2) is 0 Å². The molecule has 0 amide bonds. The van der Waals surface area contributed by atoms with Crippen LogP contribution in [0.15, 0.2) is 0 Å². The van der Waals surface area contributed by atoms with E-state index >= 15 is 0 Å². The van der Waals surface area contributed by atoms with Crippen molar-refractivity contribution in [2.75, 3.05) is 59.0 Å². The van der Waals surface area contributed by atoms with Crippen LogP contribution in [0, 0.1) is 5.92 Å². The van der Waals surface area contributed by atoms with E-state index < -0.39 is 0 Å². The molecule has 17 heavy (non-hydrogen) atoms. The molecule has 0 spiro atoms. The highest BCUT2D eigenvalue weighted by molar-refractivity contribution is 4.71. The molecule has 0 aromatic carbocycles. The molecule has 1 unspecified atom stereocenters. The van der Waals surface area contributed by atoms with Gasteiger partial charge in [-0.05, 0) is 57.9 Å². The second-order valence-electron chi connectivity index (χ2n) is 5.22. The molecule has 2 aliphatic heterocycles. The van der Waals surface area contributed by atoms with E-state index in [1.54, 1.807) is 0 Å². The monoisotopic (exact) mass is 241 g/mol. The predicted molar refractivity (Wildman–Crippen MR) is 70.3 cm³/mol. The number of hydrogen-bond donors (Lipinski definition) is 2. The van der Waals surface area contributed by atoms with E-state index in [9.17, 15) is 0 Å². The molecule has 2 rings (SSSR count). The summed E-state index contributed by atoms with van der Waals surface area (Å²) in [5.74, 6) is 0.854. The highest BCUT2D eigenvalue weighted by Crippen LogP contribution is 2.08. The Labute approximate surface area is 105 Å². The van der Waals surface area contributed by atoms with Gasteiger partial charge in [0.15, 0.2) is 0 Å². The van der Waals surface area contributed by atoms with E-state index in [4.69, 9.17) is 4.74 Å². The van der Waals surface area contributed by atoms with Crippen molar-refractivity contribution in [2.24, 2.45) is 5.92 Å². The van der Waals surface area contributed by atoms with Crippen LogP contribution in [0.1, 0.15) is 19.3 Å².